The highest BCUT2D eigenvalue weighted by atomic mass is 14.4. The van der Waals surface area contributed by atoms with E-state index in [1.165, 1.54) is 36.8 Å². The first kappa shape index (κ1) is 12.7. The molecule has 100 valence electrons. The van der Waals surface area contributed by atoms with Gasteiger partial charge in [0, 0.05) is 5.92 Å². The van der Waals surface area contributed by atoms with Crippen molar-refractivity contribution in [1.82, 2.24) is 0 Å². The Labute approximate surface area is 117 Å². The average molecular weight is 252 g/mol. The molecule has 0 amide bonds. The molecule has 0 fully saturated rings. The maximum absolute atomic E-state index is 2.39. The molecule has 0 heteroatoms. The molecule has 1 aromatic rings. The summed E-state index contributed by atoms with van der Waals surface area (Å²) in [6, 6.07) is 8.95. The topological polar surface area (TPSA) is 0 Å². The van der Waals surface area contributed by atoms with Gasteiger partial charge in [0.25, 0.3) is 0 Å². The Morgan fingerprint density at radius 1 is 0.947 bits per heavy atom. The van der Waals surface area contributed by atoms with Gasteiger partial charge < -0.3 is 0 Å². The Balaban J connectivity index is 2.20. The van der Waals surface area contributed by atoms with E-state index in [-0.39, 0.29) is 0 Å². The fourth-order valence-corrected chi connectivity index (χ4v) is 3.76. The zero-order valence-corrected chi connectivity index (χ0v) is 12.4. The summed E-state index contributed by atoms with van der Waals surface area (Å²) in [5, 5.41) is 0. The SMILES string of the molecule is CC(C)(C)C1C2=C(C=Cc3ccccc31)CCCC2. The van der Waals surface area contributed by atoms with Gasteiger partial charge in [0.1, 0.15) is 0 Å². The van der Waals surface area contributed by atoms with Crippen LogP contribution >= 0.6 is 0 Å². The Bertz CT molecular complexity index is 537. The third kappa shape index (κ3) is 2.29. The summed E-state index contributed by atoms with van der Waals surface area (Å²) >= 11 is 0. The summed E-state index contributed by atoms with van der Waals surface area (Å²) in [4.78, 5) is 0. The van der Waals surface area contributed by atoms with Crippen LogP contribution in [0.25, 0.3) is 6.08 Å². The Hall–Kier alpha value is -1.30. The highest BCUT2D eigenvalue weighted by Crippen LogP contribution is 2.48. The molecule has 0 N–H and O–H groups in total. The Morgan fingerprint density at radius 2 is 1.68 bits per heavy atom. The molecule has 0 aromatic heterocycles. The van der Waals surface area contributed by atoms with Gasteiger partial charge in [0.15, 0.2) is 0 Å². The van der Waals surface area contributed by atoms with E-state index in [0.717, 1.165) is 0 Å². The highest BCUT2D eigenvalue weighted by Gasteiger charge is 2.33. The maximum atomic E-state index is 2.39. The molecule has 3 rings (SSSR count). The van der Waals surface area contributed by atoms with Crippen LogP contribution in [0, 0.1) is 5.41 Å². The maximum Gasteiger partial charge on any atom is 0.0108 e. The molecular weight excluding hydrogens is 228 g/mol. The van der Waals surface area contributed by atoms with Crippen molar-refractivity contribution in [3.05, 3.63) is 52.6 Å². The van der Waals surface area contributed by atoms with Crippen molar-refractivity contribution in [1.29, 1.82) is 0 Å². The van der Waals surface area contributed by atoms with Crippen LogP contribution in [-0.4, -0.2) is 0 Å². The molecule has 19 heavy (non-hydrogen) atoms. The lowest BCUT2D eigenvalue weighted by Gasteiger charge is -2.36. The first-order chi connectivity index (χ1) is 9.07. The summed E-state index contributed by atoms with van der Waals surface area (Å²) in [7, 11) is 0. The van der Waals surface area contributed by atoms with Crippen molar-refractivity contribution in [3.8, 4) is 0 Å². The fraction of sp³-hybridized carbons (Fsp3) is 0.474. The van der Waals surface area contributed by atoms with Crippen molar-refractivity contribution in [2.24, 2.45) is 5.41 Å². The average Bonchev–Trinajstić information content (AvgIpc) is 2.54. The van der Waals surface area contributed by atoms with Crippen molar-refractivity contribution < 1.29 is 0 Å². The van der Waals surface area contributed by atoms with Gasteiger partial charge in [0.2, 0.25) is 0 Å². The smallest absolute Gasteiger partial charge is 0.0108 e. The lowest BCUT2D eigenvalue weighted by Crippen LogP contribution is -2.22. The predicted octanol–water partition coefficient (Wildman–Crippen LogP) is 5.71. The minimum Gasteiger partial charge on any atom is -0.0619 e. The van der Waals surface area contributed by atoms with Crippen molar-refractivity contribution in [3.63, 3.8) is 0 Å². The summed E-state index contributed by atoms with van der Waals surface area (Å²) in [6.45, 7) is 7.16. The lowest BCUT2D eigenvalue weighted by molar-refractivity contribution is 0.342. The molecule has 0 nitrogen and oxygen atoms in total. The largest absolute Gasteiger partial charge is 0.0619 e. The second-order valence-electron chi connectivity index (χ2n) is 7.02. The van der Waals surface area contributed by atoms with Crippen LogP contribution in [0.4, 0.5) is 0 Å². The minimum atomic E-state index is 0.292. The normalized spacial score (nSPS) is 22.8. The molecule has 2 aliphatic carbocycles. The van der Waals surface area contributed by atoms with E-state index < -0.39 is 0 Å². The minimum absolute atomic E-state index is 0.292. The van der Waals surface area contributed by atoms with E-state index in [0.29, 0.717) is 11.3 Å². The number of rotatable bonds is 0. The lowest BCUT2D eigenvalue weighted by atomic mass is 9.68. The third-order valence-corrected chi connectivity index (χ3v) is 4.54. The molecule has 0 saturated heterocycles. The highest BCUT2D eigenvalue weighted by molar-refractivity contribution is 5.63. The third-order valence-electron chi connectivity index (χ3n) is 4.54. The molecule has 0 saturated carbocycles. The van der Waals surface area contributed by atoms with Crippen molar-refractivity contribution in [2.45, 2.75) is 52.4 Å². The zero-order chi connectivity index (χ0) is 13.5. The van der Waals surface area contributed by atoms with Gasteiger partial charge in [-0.1, -0.05) is 62.8 Å². The van der Waals surface area contributed by atoms with E-state index in [9.17, 15) is 0 Å². The number of benzene rings is 1. The second kappa shape index (κ2) is 4.67. The first-order valence-corrected chi connectivity index (χ1v) is 7.56. The number of allylic oxidation sites excluding steroid dienone is 3. The quantitative estimate of drug-likeness (QED) is 0.554. The van der Waals surface area contributed by atoms with Gasteiger partial charge in [0.05, 0.1) is 0 Å². The van der Waals surface area contributed by atoms with E-state index in [4.69, 9.17) is 0 Å². The number of hydrogen-bond acceptors (Lipinski definition) is 0. The van der Waals surface area contributed by atoms with Gasteiger partial charge in [-0.25, -0.2) is 0 Å². The standard InChI is InChI=1S/C19H24/c1-19(2,3)18-16-10-6-4-8-14(16)12-13-15-9-5-7-11-17(15)18/h4,6,8,10,12-13,18H,5,7,9,11H2,1-3H3. The number of hydrogen-bond donors (Lipinski definition) is 0. The van der Waals surface area contributed by atoms with E-state index in [1.807, 2.05) is 0 Å². The summed E-state index contributed by atoms with van der Waals surface area (Å²) in [5.41, 5.74) is 6.55. The molecular formula is C19H24. The van der Waals surface area contributed by atoms with Crippen LogP contribution in [0.3, 0.4) is 0 Å². The van der Waals surface area contributed by atoms with Gasteiger partial charge in [-0.05, 0) is 47.8 Å². The van der Waals surface area contributed by atoms with Gasteiger partial charge in [-0.3, -0.25) is 0 Å². The number of fused-ring (bicyclic) bond motifs is 1. The summed E-state index contributed by atoms with van der Waals surface area (Å²) < 4.78 is 0. The first-order valence-electron chi connectivity index (χ1n) is 7.56. The molecule has 0 bridgehead atoms. The summed E-state index contributed by atoms with van der Waals surface area (Å²) in [6.07, 6.45) is 10.0. The summed E-state index contributed by atoms with van der Waals surface area (Å²) in [5.74, 6) is 0.578. The van der Waals surface area contributed by atoms with Crippen LogP contribution in [0.5, 0.6) is 0 Å². The van der Waals surface area contributed by atoms with Crippen LogP contribution in [0.1, 0.15) is 63.5 Å². The Morgan fingerprint density at radius 3 is 2.47 bits per heavy atom. The fourth-order valence-electron chi connectivity index (χ4n) is 3.76. The van der Waals surface area contributed by atoms with Gasteiger partial charge in [-0.2, -0.15) is 0 Å². The molecule has 1 aromatic carbocycles. The molecule has 1 atom stereocenters. The molecule has 0 aliphatic heterocycles. The molecule has 0 spiro atoms. The zero-order valence-electron chi connectivity index (χ0n) is 12.4. The van der Waals surface area contributed by atoms with Crippen LogP contribution in [-0.2, 0) is 0 Å². The second-order valence-corrected chi connectivity index (χ2v) is 7.02. The molecule has 0 radical (unpaired) electrons. The van der Waals surface area contributed by atoms with E-state index >= 15 is 0 Å². The van der Waals surface area contributed by atoms with E-state index in [2.05, 4.69) is 57.2 Å². The molecule has 1 unspecified atom stereocenters. The Kier molecular flexibility index (Phi) is 3.12. The molecule has 0 heterocycles. The van der Waals surface area contributed by atoms with E-state index in [1.54, 1.807) is 11.1 Å². The van der Waals surface area contributed by atoms with Gasteiger partial charge >= 0.3 is 0 Å². The van der Waals surface area contributed by atoms with Crippen LogP contribution < -0.4 is 0 Å². The van der Waals surface area contributed by atoms with Crippen molar-refractivity contribution >= 4 is 6.08 Å². The molecule has 2 aliphatic rings. The monoisotopic (exact) mass is 252 g/mol. The van der Waals surface area contributed by atoms with Crippen molar-refractivity contribution in [2.75, 3.05) is 0 Å². The van der Waals surface area contributed by atoms with Gasteiger partial charge in [-0.15, -0.1) is 0 Å². The van der Waals surface area contributed by atoms with Crippen LogP contribution in [0.2, 0.25) is 0 Å². The predicted molar refractivity (Wildman–Crippen MR) is 83.2 cm³/mol. The van der Waals surface area contributed by atoms with Crippen LogP contribution in [0.15, 0.2) is 41.5 Å².